The topological polar surface area (TPSA) is 32.3 Å². The van der Waals surface area contributed by atoms with Crippen molar-refractivity contribution in [1.82, 2.24) is 10.2 Å². The monoisotopic (exact) mass is 394 g/mol. The molecule has 1 amide bonds. The summed E-state index contributed by atoms with van der Waals surface area (Å²) >= 11 is 1.30. The molecule has 0 spiro atoms. The Kier molecular flexibility index (Phi) is 7.94. The zero-order valence-electron chi connectivity index (χ0n) is 14.7. The van der Waals surface area contributed by atoms with Gasteiger partial charge in [0.1, 0.15) is 11.1 Å². The Balaban J connectivity index is 0.00000243. The van der Waals surface area contributed by atoms with Crippen molar-refractivity contribution < 1.29 is 9.18 Å². The average molecular weight is 395 g/mol. The normalized spacial score (nSPS) is 17.6. The first-order valence-electron chi connectivity index (χ1n) is 8.58. The van der Waals surface area contributed by atoms with Gasteiger partial charge in [-0.2, -0.15) is 0 Å². The van der Waals surface area contributed by atoms with Gasteiger partial charge in [-0.1, -0.05) is 42.5 Å². The van der Waals surface area contributed by atoms with E-state index in [1.807, 2.05) is 42.3 Å². The highest BCUT2D eigenvalue weighted by atomic mass is 35.5. The van der Waals surface area contributed by atoms with Crippen LogP contribution in [0.2, 0.25) is 0 Å². The lowest BCUT2D eigenvalue weighted by molar-refractivity contribution is -0.129. The van der Waals surface area contributed by atoms with Crippen LogP contribution in [0.5, 0.6) is 0 Å². The molecule has 6 heteroatoms. The van der Waals surface area contributed by atoms with E-state index in [0.29, 0.717) is 10.8 Å². The number of hydrogen-bond acceptors (Lipinski definition) is 3. The third-order valence-electron chi connectivity index (χ3n) is 4.50. The second-order valence-electron chi connectivity index (χ2n) is 6.34. The molecule has 0 aromatic heterocycles. The molecule has 2 aromatic rings. The quantitative estimate of drug-likeness (QED) is 0.747. The van der Waals surface area contributed by atoms with E-state index >= 15 is 0 Å². The molecule has 1 saturated heterocycles. The summed E-state index contributed by atoms with van der Waals surface area (Å²) in [6, 6.07) is 16.3. The van der Waals surface area contributed by atoms with Crippen molar-refractivity contribution in [2.45, 2.75) is 16.6 Å². The fourth-order valence-electron chi connectivity index (χ4n) is 3.21. The van der Waals surface area contributed by atoms with Gasteiger partial charge in [-0.3, -0.25) is 4.79 Å². The molecular formula is C20H24ClFN2OS. The van der Waals surface area contributed by atoms with Crippen molar-refractivity contribution in [1.29, 1.82) is 0 Å². The van der Waals surface area contributed by atoms with E-state index in [1.165, 1.54) is 17.8 Å². The molecule has 0 radical (unpaired) electrons. The van der Waals surface area contributed by atoms with Crippen LogP contribution in [0.3, 0.4) is 0 Å². The molecule has 1 N–H and O–H groups in total. The number of thioether (sulfide) groups is 1. The highest BCUT2D eigenvalue weighted by Gasteiger charge is 2.32. The fourth-order valence-corrected chi connectivity index (χ4v) is 4.34. The highest BCUT2D eigenvalue weighted by Crippen LogP contribution is 2.38. The van der Waals surface area contributed by atoms with E-state index in [4.69, 9.17) is 0 Å². The largest absolute Gasteiger partial charge is 0.341 e. The van der Waals surface area contributed by atoms with Crippen LogP contribution in [-0.2, 0) is 4.79 Å². The smallest absolute Gasteiger partial charge is 0.240 e. The molecule has 26 heavy (non-hydrogen) atoms. The predicted octanol–water partition coefficient (Wildman–Crippen LogP) is 4.15. The first-order chi connectivity index (χ1) is 12.2. The van der Waals surface area contributed by atoms with E-state index in [0.717, 1.165) is 31.6 Å². The van der Waals surface area contributed by atoms with Crippen molar-refractivity contribution in [2.24, 2.45) is 5.92 Å². The van der Waals surface area contributed by atoms with Crippen molar-refractivity contribution in [3.8, 4) is 0 Å². The summed E-state index contributed by atoms with van der Waals surface area (Å²) < 4.78 is 14.1. The lowest BCUT2D eigenvalue weighted by atomic mass is 10.1. The molecule has 3 nitrogen and oxygen atoms in total. The SMILES string of the molecule is CNCC1CCN(C(=O)C(Sc2ccccc2F)c2ccccc2)C1.Cl. The second kappa shape index (κ2) is 9.95. The molecule has 1 aliphatic rings. The fraction of sp³-hybridized carbons (Fsp3) is 0.350. The molecule has 0 saturated carbocycles. The lowest BCUT2D eigenvalue weighted by Gasteiger charge is -2.24. The molecule has 140 valence electrons. The molecule has 2 aromatic carbocycles. The Bertz CT molecular complexity index is 716. The molecule has 1 fully saturated rings. The van der Waals surface area contributed by atoms with Gasteiger partial charge in [0, 0.05) is 18.0 Å². The Morgan fingerprint density at radius 3 is 2.62 bits per heavy atom. The number of halogens is 2. The van der Waals surface area contributed by atoms with E-state index in [1.54, 1.807) is 18.2 Å². The van der Waals surface area contributed by atoms with Crippen LogP contribution in [0, 0.1) is 11.7 Å². The van der Waals surface area contributed by atoms with E-state index < -0.39 is 5.25 Å². The van der Waals surface area contributed by atoms with Crippen molar-refractivity contribution in [3.63, 3.8) is 0 Å². The first-order valence-corrected chi connectivity index (χ1v) is 9.46. The van der Waals surface area contributed by atoms with Crippen molar-refractivity contribution >= 4 is 30.1 Å². The molecule has 1 aliphatic heterocycles. The van der Waals surface area contributed by atoms with Crippen molar-refractivity contribution in [2.75, 3.05) is 26.7 Å². The van der Waals surface area contributed by atoms with Gasteiger partial charge in [-0.15, -0.1) is 24.2 Å². The predicted molar refractivity (Wildman–Crippen MR) is 107 cm³/mol. The number of hydrogen-bond donors (Lipinski definition) is 1. The number of nitrogens with zero attached hydrogens (tertiary/aromatic N) is 1. The number of nitrogens with one attached hydrogen (secondary N) is 1. The number of amides is 1. The maximum absolute atomic E-state index is 14.1. The summed E-state index contributed by atoms with van der Waals surface area (Å²) in [6.07, 6.45) is 1.01. The summed E-state index contributed by atoms with van der Waals surface area (Å²) in [5, 5.41) is 2.76. The van der Waals surface area contributed by atoms with Gasteiger partial charge in [-0.25, -0.2) is 4.39 Å². The first kappa shape index (κ1) is 20.7. The Morgan fingerprint density at radius 2 is 1.92 bits per heavy atom. The second-order valence-corrected chi connectivity index (χ2v) is 7.48. The molecule has 2 unspecified atom stereocenters. The minimum absolute atomic E-state index is 0. The zero-order valence-corrected chi connectivity index (χ0v) is 16.4. The third-order valence-corrected chi connectivity index (χ3v) is 5.79. The van der Waals surface area contributed by atoms with Gasteiger partial charge < -0.3 is 10.2 Å². The maximum Gasteiger partial charge on any atom is 0.240 e. The number of benzene rings is 2. The highest BCUT2D eigenvalue weighted by molar-refractivity contribution is 8.00. The molecule has 2 atom stereocenters. The van der Waals surface area contributed by atoms with E-state index in [-0.39, 0.29) is 24.1 Å². The zero-order chi connectivity index (χ0) is 17.6. The maximum atomic E-state index is 14.1. The standard InChI is InChI=1S/C20H23FN2OS.ClH/c1-22-13-15-11-12-23(14-15)20(24)19(16-7-3-2-4-8-16)25-18-10-6-5-9-17(18)21;/h2-10,15,19,22H,11-14H2,1H3;1H. The minimum atomic E-state index is -0.425. The van der Waals surface area contributed by atoms with Crippen LogP contribution in [-0.4, -0.2) is 37.5 Å². The summed E-state index contributed by atoms with van der Waals surface area (Å²) in [4.78, 5) is 15.6. The molecule has 1 heterocycles. The summed E-state index contributed by atoms with van der Waals surface area (Å²) in [5.41, 5.74) is 0.915. The van der Waals surface area contributed by atoms with Gasteiger partial charge in [0.25, 0.3) is 0 Å². The van der Waals surface area contributed by atoms with E-state index in [2.05, 4.69) is 5.32 Å². The van der Waals surface area contributed by atoms with Crippen LogP contribution in [0.1, 0.15) is 17.2 Å². The summed E-state index contributed by atoms with van der Waals surface area (Å²) in [7, 11) is 1.94. The van der Waals surface area contributed by atoms with Crippen molar-refractivity contribution in [3.05, 3.63) is 66.0 Å². The van der Waals surface area contributed by atoms with Gasteiger partial charge in [-0.05, 0) is 43.6 Å². The van der Waals surface area contributed by atoms with Crippen LogP contribution in [0.4, 0.5) is 4.39 Å². The lowest BCUT2D eigenvalue weighted by Crippen LogP contribution is -2.33. The van der Waals surface area contributed by atoms with Gasteiger partial charge in [0.05, 0.1) is 0 Å². The molecular weight excluding hydrogens is 371 g/mol. The minimum Gasteiger partial charge on any atom is -0.341 e. The Morgan fingerprint density at radius 1 is 1.23 bits per heavy atom. The van der Waals surface area contributed by atoms with Crippen LogP contribution in [0.15, 0.2) is 59.5 Å². The Labute approximate surface area is 164 Å². The van der Waals surface area contributed by atoms with E-state index in [9.17, 15) is 9.18 Å². The number of carbonyl (C=O) groups is 1. The van der Waals surface area contributed by atoms with Gasteiger partial charge in [0.2, 0.25) is 5.91 Å². The number of likely N-dealkylation sites (tertiary alicyclic amines) is 1. The molecule has 3 rings (SSSR count). The third kappa shape index (κ3) is 5.00. The number of carbonyl (C=O) groups excluding carboxylic acids is 1. The van der Waals surface area contributed by atoms with Gasteiger partial charge >= 0.3 is 0 Å². The number of rotatable bonds is 6. The van der Waals surface area contributed by atoms with Crippen LogP contribution < -0.4 is 5.32 Å². The summed E-state index contributed by atoms with van der Waals surface area (Å²) in [6.45, 7) is 2.45. The Hall–Kier alpha value is -1.56. The van der Waals surface area contributed by atoms with Crippen LogP contribution >= 0.6 is 24.2 Å². The molecule has 0 bridgehead atoms. The molecule has 0 aliphatic carbocycles. The average Bonchev–Trinajstić information content (AvgIpc) is 3.10. The van der Waals surface area contributed by atoms with Gasteiger partial charge in [0.15, 0.2) is 0 Å². The van der Waals surface area contributed by atoms with Crippen LogP contribution in [0.25, 0.3) is 0 Å². The summed E-state index contributed by atoms with van der Waals surface area (Å²) in [5.74, 6) is 0.276.